The zero-order valence-electron chi connectivity index (χ0n) is 27.1. The number of rotatable bonds is 15. The van der Waals surface area contributed by atoms with Crippen LogP contribution in [0.4, 0.5) is 0 Å². The van der Waals surface area contributed by atoms with Crippen molar-refractivity contribution in [2.24, 2.45) is 0 Å². The van der Waals surface area contributed by atoms with Crippen LogP contribution in [0.15, 0.2) is 146 Å². The number of carbonyl (C=O) groups is 1. The maximum Gasteiger partial charge on any atom is 0.254 e. The summed E-state index contributed by atoms with van der Waals surface area (Å²) >= 11 is 6.44. The van der Waals surface area contributed by atoms with Gasteiger partial charge in [-0.3, -0.25) is 4.79 Å². The molecular formula is C41H40ClNO6. The standard InChI is InChI=1S/C41H40ClNO6/c42-35-24-14-13-23-34(35)40(44)43-41-39(48-28-33-21-11-4-12-22-33)38(47-27-32-19-9-3-10-20-32)37(46-26-31-17-7-2-8-18-31)36(49-41)29-45-25-30-15-5-1-6-16-30/h1-24,36-39,41H,25-29H2,(H,43,44)/t36-,37-,38+,39+,41-/m1/s1. The molecule has 1 fully saturated rings. The predicted molar refractivity (Wildman–Crippen MR) is 189 cm³/mol. The van der Waals surface area contributed by atoms with Gasteiger partial charge in [-0.1, -0.05) is 145 Å². The van der Waals surface area contributed by atoms with Crippen molar-refractivity contribution in [1.29, 1.82) is 0 Å². The van der Waals surface area contributed by atoms with Gasteiger partial charge in [0.2, 0.25) is 0 Å². The first-order chi connectivity index (χ1) is 24.1. The Morgan fingerprint density at radius 3 is 1.49 bits per heavy atom. The lowest BCUT2D eigenvalue weighted by Crippen LogP contribution is -2.65. The molecule has 0 aliphatic carbocycles. The topological polar surface area (TPSA) is 75.3 Å². The third-order valence-corrected chi connectivity index (χ3v) is 8.60. The Morgan fingerprint density at radius 2 is 0.980 bits per heavy atom. The van der Waals surface area contributed by atoms with E-state index >= 15 is 0 Å². The van der Waals surface area contributed by atoms with Crippen molar-refractivity contribution >= 4 is 17.5 Å². The summed E-state index contributed by atoms with van der Waals surface area (Å²) in [4.78, 5) is 13.7. The second-order valence-corrected chi connectivity index (χ2v) is 12.2. The highest BCUT2D eigenvalue weighted by Gasteiger charge is 2.49. The van der Waals surface area contributed by atoms with Crippen molar-refractivity contribution < 1.29 is 28.5 Å². The number of hydrogen-bond acceptors (Lipinski definition) is 6. The van der Waals surface area contributed by atoms with Gasteiger partial charge in [-0.2, -0.15) is 0 Å². The Kier molecular flexibility index (Phi) is 12.6. The van der Waals surface area contributed by atoms with E-state index < -0.39 is 36.6 Å². The second-order valence-electron chi connectivity index (χ2n) is 11.8. The third kappa shape index (κ3) is 9.86. The average Bonchev–Trinajstić information content (AvgIpc) is 3.15. The fourth-order valence-corrected chi connectivity index (χ4v) is 5.98. The van der Waals surface area contributed by atoms with Crippen LogP contribution in [0.1, 0.15) is 32.6 Å². The number of benzene rings is 5. The third-order valence-electron chi connectivity index (χ3n) is 8.28. The van der Waals surface area contributed by atoms with Crippen LogP contribution in [0.3, 0.4) is 0 Å². The number of hydrogen-bond donors (Lipinski definition) is 1. The van der Waals surface area contributed by atoms with E-state index in [0.29, 0.717) is 30.4 Å². The summed E-state index contributed by atoms with van der Waals surface area (Å²) in [5.74, 6) is -0.390. The van der Waals surface area contributed by atoms with Gasteiger partial charge in [0.25, 0.3) is 5.91 Å². The summed E-state index contributed by atoms with van der Waals surface area (Å²) in [7, 11) is 0. The smallest absolute Gasteiger partial charge is 0.254 e. The quantitative estimate of drug-likeness (QED) is 0.122. The van der Waals surface area contributed by atoms with E-state index in [1.165, 1.54) is 0 Å². The first-order valence-corrected chi connectivity index (χ1v) is 16.8. The van der Waals surface area contributed by atoms with E-state index in [1.807, 2.05) is 121 Å². The molecule has 0 bridgehead atoms. The molecule has 1 amide bonds. The molecule has 0 saturated carbocycles. The average molecular weight is 678 g/mol. The minimum Gasteiger partial charge on any atom is -0.374 e. The number of nitrogens with one attached hydrogen (secondary N) is 1. The summed E-state index contributed by atoms with van der Waals surface area (Å²) in [6.45, 7) is 1.44. The molecule has 1 saturated heterocycles. The molecule has 1 N–H and O–H groups in total. The van der Waals surface area contributed by atoms with Gasteiger partial charge < -0.3 is 29.0 Å². The molecule has 0 spiro atoms. The first kappa shape index (κ1) is 34.5. The first-order valence-electron chi connectivity index (χ1n) is 16.4. The summed E-state index contributed by atoms with van der Waals surface area (Å²) in [5, 5.41) is 3.40. The Bertz CT molecular complexity index is 1710. The molecule has 252 valence electrons. The van der Waals surface area contributed by atoms with Crippen molar-refractivity contribution in [1.82, 2.24) is 5.32 Å². The molecule has 5 aromatic carbocycles. The van der Waals surface area contributed by atoms with E-state index in [2.05, 4.69) is 5.32 Å². The van der Waals surface area contributed by atoms with Crippen LogP contribution in [0, 0.1) is 0 Å². The Morgan fingerprint density at radius 1 is 0.551 bits per heavy atom. The van der Waals surface area contributed by atoms with Gasteiger partial charge in [-0.15, -0.1) is 0 Å². The highest BCUT2D eigenvalue weighted by atomic mass is 35.5. The van der Waals surface area contributed by atoms with Crippen LogP contribution >= 0.6 is 11.6 Å². The molecule has 7 nitrogen and oxygen atoms in total. The van der Waals surface area contributed by atoms with E-state index in [4.69, 9.17) is 35.3 Å². The maximum absolute atomic E-state index is 13.7. The molecular weight excluding hydrogens is 638 g/mol. The van der Waals surface area contributed by atoms with Crippen molar-refractivity contribution in [3.05, 3.63) is 178 Å². The van der Waals surface area contributed by atoms with Crippen LogP contribution in [0.5, 0.6) is 0 Å². The largest absolute Gasteiger partial charge is 0.374 e. The minimum atomic E-state index is -0.921. The molecule has 5 aromatic rings. The molecule has 1 aliphatic rings. The lowest BCUT2D eigenvalue weighted by atomic mass is 9.96. The lowest BCUT2D eigenvalue weighted by molar-refractivity contribution is -0.276. The molecule has 0 aromatic heterocycles. The highest BCUT2D eigenvalue weighted by Crippen LogP contribution is 2.31. The fraction of sp³-hybridized carbons (Fsp3) is 0.244. The summed E-state index contributed by atoms with van der Waals surface area (Å²) in [5.41, 5.74) is 4.33. The van der Waals surface area contributed by atoms with E-state index in [1.54, 1.807) is 24.3 Å². The van der Waals surface area contributed by atoms with Gasteiger partial charge in [-0.25, -0.2) is 0 Å². The molecule has 0 radical (unpaired) electrons. The zero-order valence-corrected chi connectivity index (χ0v) is 27.9. The van der Waals surface area contributed by atoms with Crippen molar-refractivity contribution in [3.63, 3.8) is 0 Å². The lowest BCUT2D eigenvalue weighted by Gasteiger charge is -2.46. The summed E-state index contributed by atoms with van der Waals surface area (Å²) in [6, 6.07) is 46.6. The van der Waals surface area contributed by atoms with Crippen molar-refractivity contribution in [2.75, 3.05) is 6.61 Å². The summed E-state index contributed by atoms with van der Waals surface area (Å²) in [6.07, 6.45) is -3.59. The number of halogens is 1. The Balaban J connectivity index is 1.33. The minimum absolute atomic E-state index is 0.184. The number of amides is 1. The van der Waals surface area contributed by atoms with Gasteiger partial charge in [0, 0.05) is 0 Å². The molecule has 6 rings (SSSR count). The van der Waals surface area contributed by atoms with Gasteiger partial charge in [0.1, 0.15) is 24.4 Å². The van der Waals surface area contributed by atoms with Crippen LogP contribution in [-0.4, -0.2) is 43.2 Å². The van der Waals surface area contributed by atoms with Crippen molar-refractivity contribution in [2.45, 2.75) is 57.1 Å². The monoisotopic (exact) mass is 677 g/mol. The predicted octanol–water partition coefficient (Wildman–Crippen LogP) is 7.77. The normalized spacial score (nSPS) is 20.5. The van der Waals surface area contributed by atoms with Gasteiger partial charge in [0.15, 0.2) is 6.23 Å². The maximum atomic E-state index is 13.7. The van der Waals surface area contributed by atoms with Gasteiger partial charge >= 0.3 is 0 Å². The Hall–Kier alpha value is -4.34. The molecule has 0 unspecified atom stereocenters. The van der Waals surface area contributed by atoms with E-state index in [0.717, 1.165) is 22.3 Å². The SMILES string of the molecule is O=C(N[C@@H]1O[C@H](COCc2ccccc2)[C@@H](OCc2ccccc2)[C@H](OCc2ccccc2)[C@@H]1OCc1ccccc1)c1ccccc1Cl. The number of carbonyl (C=O) groups excluding carboxylic acids is 1. The van der Waals surface area contributed by atoms with Crippen molar-refractivity contribution in [3.8, 4) is 0 Å². The highest BCUT2D eigenvalue weighted by molar-refractivity contribution is 6.33. The van der Waals surface area contributed by atoms with E-state index in [-0.39, 0.29) is 13.2 Å². The molecule has 1 heterocycles. The van der Waals surface area contributed by atoms with Gasteiger partial charge in [0.05, 0.1) is 43.6 Å². The molecule has 5 atom stereocenters. The van der Waals surface area contributed by atoms with Gasteiger partial charge in [-0.05, 0) is 34.4 Å². The molecule has 49 heavy (non-hydrogen) atoms. The zero-order chi connectivity index (χ0) is 33.7. The van der Waals surface area contributed by atoms with Crippen LogP contribution in [0.25, 0.3) is 0 Å². The van der Waals surface area contributed by atoms with E-state index in [9.17, 15) is 4.79 Å². The van der Waals surface area contributed by atoms with Crippen LogP contribution < -0.4 is 5.32 Å². The summed E-state index contributed by atoms with van der Waals surface area (Å²) < 4.78 is 33.0. The molecule has 8 heteroatoms. The van der Waals surface area contributed by atoms with Crippen LogP contribution in [-0.2, 0) is 50.1 Å². The fourth-order valence-electron chi connectivity index (χ4n) is 5.76. The Labute approximate surface area is 292 Å². The molecule has 1 aliphatic heterocycles. The number of ether oxygens (including phenoxy) is 5. The second kappa shape index (κ2) is 17.9. The van der Waals surface area contributed by atoms with Crippen LogP contribution in [0.2, 0.25) is 5.02 Å².